The molecule has 1 aliphatic heterocycles. The van der Waals surface area contributed by atoms with Gasteiger partial charge in [0.1, 0.15) is 13.1 Å². The molecule has 0 aliphatic carbocycles. The minimum absolute atomic E-state index is 0.226. The maximum Gasteiger partial charge on any atom is 0.414 e. The third-order valence-corrected chi connectivity index (χ3v) is 2.40. The van der Waals surface area contributed by atoms with Gasteiger partial charge in [0.2, 0.25) is 0 Å². The second-order valence-electron chi connectivity index (χ2n) is 2.86. The van der Waals surface area contributed by atoms with E-state index in [9.17, 15) is 4.79 Å². The normalized spacial score (nSPS) is 23.0. The number of hydrogen-bond donors (Lipinski definition) is 1. The minimum atomic E-state index is -0.226. The molecule has 0 radical (unpaired) electrons. The number of nitrogens with two attached hydrogens (primary N) is 1. The average molecular weight is 159 g/mol. The standard InChI is InChI=1S/C7H14N2O2/c1-2-9(7(8)10)3-5-11-6-4-9/h2-6H2,1H3,(H-,8,10)/p+1. The lowest BCUT2D eigenvalue weighted by molar-refractivity contribution is -0.856. The van der Waals surface area contributed by atoms with E-state index in [0.717, 1.165) is 19.6 Å². The minimum Gasteiger partial charge on any atom is -0.370 e. The molecule has 0 atom stereocenters. The summed E-state index contributed by atoms with van der Waals surface area (Å²) in [6, 6.07) is -0.226. The molecule has 0 aromatic carbocycles. The van der Waals surface area contributed by atoms with E-state index in [4.69, 9.17) is 10.5 Å². The van der Waals surface area contributed by atoms with Crippen molar-refractivity contribution in [2.24, 2.45) is 5.73 Å². The van der Waals surface area contributed by atoms with Crippen LogP contribution in [0, 0.1) is 0 Å². The summed E-state index contributed by atoms with van der Waals surface area (Å²) in [4.78, 5) is 11.0. The molecule has 4 heteroatoms. The summed E-state index contributed by atoms with van der Waals surface area (Å²) in [6.45, 7) is 5.51. The number of carbonyl (C=O) groups excluding carboxylic acids is 1. The second-order valence-corrected chi connectivity index (χ2v) is 2.86. The van der Waals surface area contributed by atoms with Gasteiger partial charge in [0.05, 0.1) is 19.8 Å². The summed E-state index contributed by atoms with van der Waals surface area (Å²) in [5.74, 6) is 0. The SMILES string of the molecule is CC[N+]1(C(N)=O)CCOCC1. The molecule has 0 spiro atoms. The van der Waals surface area contributed by atoms with Crippen molar-refractivity contribution in [1.29, 1.82) is 0 Å². The molecule has 0 aromatic heterocycles. The molecule has 1 saturated heterocycles. The molecule has 1 fully saturated rings. The number of urea groups is 1. The van der Waals surface area contributed by atoms with Crippen LogP contribution in [0.5, 0.6) is 0 Å². The van der Waals surface area contributed by atoms with Crippen LogP contribution in [0.15, 0.2) is 0 Å². The van der Waals surface area contributed by atoms with Crippen LogP contribution in [-0.2, 0) is 4.74 Å². The first-order chi connectivity index (χ1) is 5.21. The quantitative estimate of drug-likeness (QED) is 0.544. The number of rotatable bonds is 1. The van der Waals surface area contributed by atoms with Gasteiger partial charge in [-0.3, -0.25) is 0 Å². The smallest absolute Gasteiger partial charge is 0.370 e. The zero-order valence-electron chi connectivity index (χ0n) is 6.88. The average Bonchev–Trinajstić information content (AvgIpc) is 2.05. The zero-order chi connectivity index (χ0) is 8.32. The molecule has 0 saturated carbocycles. The first-order valence-electron chi connectivity index (χ1n) is 3.95. The van der Waals surface area contributed by atoms with Gasteiger partial charge in [-0.15, -0.1) is 0 Å². The zero-order valence-corrected chi connectivity index (χ0v) is 6.88. The molecule has 11 heavy (non-hydrogen) atoms. The van der Waals surface area contributed by atoms with E-state index in [2.05, 4.69) is 0 Å². The molecule has 1 aliphatic rings. The van der Waals surface area contributed by atoms with Crippen molar-refractivity contribution < 1.29 is 14.0 Å². The largest absolute Gasteiger partial charge is 0.414 e. The van der Waals surface area contributed by atoms with Gasteiger partial charge in [0, 0.05) is 0 Å². The monoisotopic (exact) mass is 159 g/mol. The van der Waals surface area contributed by atoms with Gasteiger partial charge in [0.15, 0.2) is 0 Å². The van der Waals surface area contributed by atoms with Crippen LogP contribution < -0.4 is 5.73 Å². The lowest BCUT2D eigenvalue weighted by Gasteiger charge is -2.35. The first kappa shape index (κ1) is 8.49. The molecule has 1 rings (SSSR count). The summed E-state index contributed by atoms with van der Waals surface area (Å²) >= 11 is 0. The predicted molar refractivity (Wildman–Crippen MR) is 40.9 cm³/mol. The van der Waals surface area contributed by atoms with Gasteiger partial charge in [-0.1, -0.05) is 0 Å². The predicted octanol–water partition coefficient (Wildman–Crippen LogP) is -0.0680. The number of carbonyl (C=O) groups is 1. The van der Waals surface area contributed by atoms with E-state index >= 15 is 0 Å². The fourth-order valence-electron chi connectivity index (χ4n) is 1.38. The molecular formula is C7H15N2O2+. The third kappa shape index (κ3) is 1.52. The summed E-state index contributed by atoms with van der Waals surface area (Å²) in [5, 5.41) is 0. The molecule has 0 bridgehead atoms. The maximum atomic E-state index is 11.0. The Hall–Kier alpha value is -0.610. The van der Waals surface area contributed by atoms with Crippen LogP contribution in [-0.4, -0.2) is 43.4 Å². The highest BCUT2D eigenvalue weighted by Crippen LogP contribution is 2.09. The maximum absolute atomic E-state index is 11.0. The molecular weight excluding hydrogens is 144 g/mol. The van der Waals surface area contributed by atoms with Gasteiger partial charge in [0.25, 0.3) is 0 Å². The molecule has 64 valence electrons. The number of ether oxygens (including phenoxy) is 1. The Morgan fingerprint density at radius 2 is 2.09 bits per heavy atom. The number of amides is 2. The highest BCUT2D eigenvalue weighted by atomic mass is 16.5. The lowest BCUT2D eigenvalue weighted by atomic mass is 10.3. The first-order valence-corrected chi connectivity index (χ1v) is 3.95. The van der Waals surface area contributed by atoms with Crippen LogP contribution in [0.4, 0.5) is 4.79 Å². The number of hydrogen-bond acceptors (Lipinski definition) is 2. The van der Waals surface area contributed by atoms with Crippen LogP contribution in [0.3, 0.4) is 0 Å². The summed E-state index contributed by atoms with van der Waals surface area (Å²) in [5.41, 5.74) is 5.29. The fraction of sp³-hybridized carbons (Fsp3) is 0.857. The number of morpholine rings is 1. The van der Waals surface area contributed by atoms with Crippen molar-refractivity contribution in [2.75, 3.05) is 32.8 Å². The second kappa shape index (κ2) is 3.19. The summed E-state index contributed by atoms with van der Waals surface area (Å²) in [7, 11) is 0. The van der Waals surface area contributed by atoms with E-state index in [1.165, 1.54) is 0 Å². The van der Waals surface area contributed by atoms with E-state index in [0.29, 0.717) is 17.7 Å². The van der Waals surface area contributed by atoms with E-state index < -0.39 is 0 Å². The van der Waals surface area contributed by atoms with Gasteiger partial charge in [-0.2, -0.15) is 0 Å². The van der Waals surface area contributed by atoms with Gasteiger partial charge in [-0.05, 0) is 6.92 Å². The Labute approximate surface area is 66.5 Å². The van der Waals surface area contributed by atoms with Crippen LogP contribution in [0.2, 0.25) is 0 Å². The van der Waals surface area contributed by atoms with Crippen molar-refractivity contribution in [3.63, 3.8) is 0 Å². The molecule has 2 amide bonds. The molecule has 2 N–H and O–H groups in total. The summed E-state index contributed by atoms with van der Waals surface area (Å²) in [6.07, 6.45) is 0. The van der Waals surface area contributed by atoms with Crippen molar-refractivity contribution in [3.8, 4) is 0 Å². The number of primary amides is 1. The molecule has 4 nitrogen and oxygen atoms in total. The highest BCUT2D eigenvalue weighted by Gasteiger charge is 2.34. The summed E-state index contributed by atoms with van der Waals surface area (Å²) < 4.78 is 5.54. The number of likely N-dealkylation sites (N-methyl/N-ethyl adjacent to an activating group) is 1. The van der Waals surface area contributed by atoms with Crippen molar-refractivity contribution in [2.45, 2.75) is 6.92 Å². The van der Waals surface area contributed by atoms with Crippen molar-refractivity contribution >= 4 is 6.03 Å². The molecule has 0 aromatic rings. The third-order valence-electron chi connectivity index (χ3n) is 2.40. The Balaban J connectivity index is 2.64. The van der Waals surface area contributed by atoms with Crippen LogP contribution in [0.25, 0.3) is 0 Å². The van der Waals surface area contributed by atoms with Gasteiger partial charge >= 0.3 is 6.03 Å². The van der Waals surface area contributed by atoms with Crippen LogP contribution >= 0.6 is 0 Å². The topological polar surface area (TPSA) is 52.3 Å². The van der Waals surface area contributed by atoms with Crippen molar-refractivity contribution in [1.82, 2.24) is 0 Å². The molecule has 1 heterocycles. The van der Waals surface area contributed by atoms with Gasteiger partial charge < -0.3 is 10.5 Å². The number of quaternary nitrogens is 1. The van der Waals surface area contributed by atoms with E-state index in [-0.39, 0.29) is 6.03 Å². The highest BCUT2D eigenvalue weighted by molar-refractivity contribution is 5.64. The Kier molecular flexibility index (Phi) is 2.46. The Morgan fingerprint density at radius 3 is 2.36 bits per heavy atom. The number of nitrogens with zero attached hydrogens (tertiary/aromatic N) is 1. The molecule has 0 unspecified atom stereocenters. The van der Waals surface area contributed by atoms with E-state index in [1.54, 1.807) is 0 Å². The Morgan fingerprint density at radius 1 is 1.55 bits per heavy atom. The van der Waals surface area contributed by atoms with Crippen molar-refractivity contribution in [3.05, 3.63) is 0 Å². The van der Waals surface area contributed by atoms with E-state index in [1.807, 2.05) is 6.92 Å². The fourth-order valence-corrected chi connectivity index (χ4v) is 1.38. The van der Waals surface area contributed by atoms with Crippen LogP contribution in [0.1, 0.15) is 6.92 Å². The Bertz CT molecular complexity index is 153. The van der Waals surface area contributed by atoms with Gasteiger partial charge in [-0.25, -0.2) is 9.28 Å². The lowest BCUT2D eigenvalue weighted by Crippen LogP contribution is -2.60.